The third kappa shape index (κ3) is 3.50. The fourth-order valence-electron chi connectivity index (χ4n) is 3.26. The number of nitrogens with zero attached hydrogens (tertiary/aromatic N) is 4. The molecule has 31 heavy (non-hydrogen) atoms. The molecule has 0 aliphatic carbocycles. The van der Waals surface area contributed by atoms with Crippen molar-refractivity contribution in [3.8, 4) is 22.9 Å². The Bertz CT molecular complexity index is 1280. The highest BCUT2D eigenvalue weighted by Crippen LogP contribution is 2.41. The Morgan fingerprint density at radius 2 is 1.87 bits per heavy atom. The second-order valence-electron chi connectivity index (χ2n) is 6.54. The van der Waals surface area contributed by atoms with E-state index in [-0.39, 0.29) is 11.4 Å². The quantitative estimate of drug-likeness (QED) is 0.487. The molecule has 0 atom stereocenters. The molecule has 2 aromatic heterocycles. The molecule has 0 radical (unpaired) electrons. The van der Waals surface area contributed by atoms with Crippen LogP contribution in [-0.2, 0) is 0 Å². The second kappa shape index (κ2) is 7.94. The second-order valence-corrected chi connectivity index (χ2v) is 6.54. The van der Waals surface area contributed by atoms with Crippen LogP contribution in [0.1, 0.15) is 16.3 Å². The van der Waals surface area contributed by atoms with Crippen LogP contribution in [0.2, 0.25) is 0 Å². The minimum atomic E-state index is -0.527. The number of carbonyl (C=O) groups excluding carboxylic acids is 1. The van der Waals surface area contributed by atoms with E-state index in [1.807, 2.05) is 0 Å². The van der Waals surface area contributed by atoms with Crippen LogP contribution >= 0.6 is 0 Å². The first-order valence-corrected chi connectivity index (χ1v) is 9.14. The number of fused-ring (bicyclic) bond motifs is 1. The van der Waals surface area contributed by atoms with Gasteiger partial charge in [-0.3, -0.25) is 4.79 Å². The predicted molar refractivity (Wildman–Crippen MR) is 110 cm³/mol. The van der Waals surface area contributed by atoms with Gasteiger partial charge < -0.3 is 24.5 Å². The number of hydrogen-bond donors (Lipinski definition) is 2. The number of methoxy groups -OCH3 is 3. The first kappa shape index (κ1) is 20.1. The molecule has 1 amide bonds. The van der Waals surface area contributed by atoms with Crippen LogP contribution in [0, 0.1) is 12.7 Å². The maximum Gasteiger partial charge on any atom is 0.272 e. The van der Waals surface area contributed by atoms with Crippen molar-refractivity contribution in [1.82, 2.24) is 25.2 Å². The molecule has 0 unspecified atom stereocenters. The van der Waals surface area contributed by atoms with Gasteiger partial charge in [-0.25, -0.2) is 4.39 Å². The Morgan fingerprint density at radius 3 is 2.52 bits per heavy atom. The van der Waals surface area contributed by atoms with Crippen molar-refractivity contribution in [2.24, 2.45) is 0 Å². The monoisotopic (exact) mass is 426 g/mol. The predicted octanol–water partition coefficient (Wildman–Crippen LogP) is 2.87. The molecule has 0 saturated heterocycles. The van der Waals surface area contributed by atoms with Crippen molar-refractivity contribution >= 4 is 22.5 Å². The zero-order valence-electron chi connectivity index (χ0n) is 17.2. The summed E-state index contributed by atoms with van der Waals surface area (Å²) in [7, 11) is 4.54. The average Bonchev–Trinajstić information content (AvgIpc) is 3.40. The van der Waals surface area contributed by atoms with Gasteiger partial charge in [-0.05, 0) is 41.6 Å². The van der Waals surface area contributed by atoms with Gasteiger partial charge in [-0.1, -0.05) is 0 Å². The number of benzene rings is 2. The number of anilines is 1. The van der Waals surface area contributed by atoms with Gasteiger partial charge in [-0.15, -0.1) is 5.10 Å². The third-order valence-electron chi connectivity index (χ3n) is 4.74. The molecule has 0 spiro atoms. The fourth-order valence-corrected chi connectivity index (χ4v) is 3.26. The van der Waals surface area contributed by atoms with Crippen molar-refractivity contribution in [3.63, 3.8) is 0 Å². The van der Waals surface area contributed by atoms with Crippen molar-refractivity contribution in [2.45, 2.75) is 6.92 Å². The van der Waals surface area contributed by atoms with E-state index in [2.05, 4.69) is 25.8 Å². The van der Waals surface area contributed by atoms with Crippen LogP contribution in [0.4, 0.5) is 10.1 Å². The molecular formula is C20H19FN6O4. The lowest BCUT2D eigenvalue weighted by atomic mass is 10.2. The van der Waals surface area contributed by atoms with E-state index < -0.39 is 11.7 Å². The summed E-state index contributed by atoms with van der Waals surface area (Å²) in [5.41, 5.74) is 1.29. The Kier molecular flexibility index (Phi) is 5.15. The van der Waals surface area contributed by atoms with Crippen molar-refractivity contribution in [2.75, 3.05) is 26.6 Å². The summed E-state index contributed by atoms with van der Waals surface area (Å²) < 4.78 is 31.7. The van der Waals surface area contributed by atoms with Crippen LogP contribution in [0.5, 0.6) is 17.2 Å². The lowest BCUT2D eigenvalue weighted by molar-refractivity contribution is 0.102. The maximum absolute atomic E-state index is 14.3. The highest BCUT2D eigenvalue weighted by atomic mass is 19.1. The molecule has 0 aliphatic heterocycles. The van der Waals surface area contributed by atoms with Crippen LogP contribution in [-0.4, -0.2) is 52.4 Å². The Morgan fingerprint density at radius 1 is 1.10 bits per heavy atom. The van der Waals surface area contributed by atoms with Gasteiger partial charge in [0.25, 0.3) is 5.91 Å². The number of halogens is 1. The minimum Gasteiger partial charge on any atom is -0.496 e. The number of H-pyrrole nitrogens is 1. The summed E-state index contributed by atoms with van der Waals surface area (Å²) in [6.45, 7) is 1.64. The highest BCUT2D eigenvalue weighted by Gasteiger charge is 2.20. The molecular weight excluding hydrogens is 407 g/mol. The van der Waals surface area contributed by atoms with E-state index in [1.54, 1.807) is 19.1 Å². The van der Waals surface area contributed by atoms with Gasteiger partial charge in [0.1, 0.15) is 22.9 Å². The van der Waals surface area contributed by atoms with E-state index in [9.17, 15) is 9.18 Å². The minimum absolute atomic E-state index is 0.116. The molecule has 2 heterocycles. The molecule has 4 rings (SSSR count). The fraction of sp³-hybridized carbons (Fsp3) is 0.200. The standard InChI is InChI=1S/C20H19FN6O4/c1-10-24-25-26-27(10)15-7-11(5-6-13(15)21)22-20(28)14-8-12-16(29-2)9-17(30-3)19(31-4)18(12)23-14/h5-9,23H,1-4H3,(H,22,28). The number of aromatic nitrogens is 5. The smallest absolute Gasteiger partial charge is 0.272 e. The molecule has 0 saturated carbocycles. The van der Waals surface area contributed by atoms with E-state index in [1.165, 1.54) is 44.2 Å². The summed E-state index contributed by atoms with van der Waals surface area (Å²) in [4.78, 5) is 15.9. The summed E-state index contributed by atoms with van der Waals surface area (Å²) in [5.74, 6) is 0.856. The van der Waals surface area contributed by atoms with Gasteiger partial charge in [0, 0.05) is 17.1 Å². The first-order chi connectivity index (χ1) is 15.0. The number of nitrogens with one attached hydrogen (secondary N) is 2. The van der Waals surface area contributed by atoms with Gasteiger partial charge >= 0.3 is 0 Å². The number of ether oxygens (including phenoxy) is 3. The SMILES string of the molecule is COc1cc(OC)c2cc(C(=O)Nc3ccc(F)c(-n4nnnc4C)c3)[nH]c2c1OC. The van der Waals surface area contributed by atoms with Gasteiger partial charge in [0.05, 0.1) is 26.8 Å². The Hall–Kier alpha value is -4.15. The molecule has 2 N–H and O–H groups in total. The summed E-state index contributed by atoms with van der Waals surface area (Å²) in [6.07, 6.45) is 0. The van der Waals surface area contributed by atoms with Crippen LogP contribution in [0.3, 0.4) is 0 Å². The summed E-state index contributed by atoms with van der Waals surface area (Å²) in [6, 6.07) is 7.44. The molecule has 0 bridgehead atoms. The van der Waals surface area contributed by atoms with Crippen molar-refractivity contribution in [3.05, 3.63) is 47.7 Å². The number of tetrazole rings is 1. The summed E-state index contributed by atoms with van der Waals surface area (Å²) >= 11 is 0. The third-order valence-corrected chi connectivity index (χ3v) is 4.74. The van der Waals surface area contributed by atoms with Crippen LogP contribution < -0.4 is 19.5 Å². The zero-order chi connectivity index (χ0) is 22.1. The van der Waals surface area contributed by atoms with Crippen LogP contribution in [0.25, 0.3) is 16.6 Å². The van der Waals surface area contributed by atoms with Crippen LogP contribution in [0.15, 0.2) is 30.3 Å². The van der Waals surface area contributed by atoms with Crippen molar-refractivity contribution in [1.29, 1.82) is 0 Å². The molecule has 0 aliphatic rings. The number of hydrogen-bond acceptors (Lipinski definition) is 7. The largest absolute Gasteiger partial charge is 0.496 e. The number of aromatic amines is 1. The summed E-state index contributed by atoms with van der Waals surface area (Å²) in [5, 5.41) is 14.4. The lowest BCUT2D eigenvalue weighted by Gasteiger charge is -2.11. The van der Waals surface area contributed by atoms with E-state index in [4.69, 9.17) is 14.2 Å². The Balaban J connectivity index is 1.70. The molecule has 4 aromatic rings. The molecule has 0 fully saturated rings. The number of rotatable bonds is 6. The van der Waals surface area contributed by atoms with Crippen molar-refractivity contribution < 1.29 is 23.4 Å². The maximum atomic E-state index is 14.3. The van der Waals surface area contributed by atoms with Gasteiger partial charge in [-0.2, -0.15) is 4.68 Å². The highest BCUT2D eigenvalue weighted by molar-refractivity contribution is 6.08. The lowest BCUT2D eigenvalue weighted by Crippen LogP contribution is -2.13. The van der Waals surface area contributed by atoms with E-state index in [0.717, 1.165) is 0 Å². The number of carbonyl (C=O) groups is 1. The number of amides is 1. The zero-order valence-corrected chi connectivity index (χ0v) is 17.2. The normalized spacial score (nSPS) is 10.9. The van der Waals surface area contributed by atoms with Gasteiger partial charge in [0.2, 0.25) is 0 Å². The number of aryl methyl sites for hydroxylation is 1. The molecule has 10 nitrogen and oxygen atoms in total. The topological polar surface area (TPSA) is 116 Å². The first-order valence-electron chi connectivity index (χ1n) is 9.14. The molecule has 2 aromatic carbocycles. The van der Waals surface area contributed by atoms with Gasteiger partial charge in [0.15, 0.2) is 17.3 Å². The molecule has 11 heteroatoms. The molecule has 160 valence electrons. The van der Waals surface area contributed by atoms with E-state index in [0.29, 0.717) is 39.7 Å². The van der Waals surface area contributed by atoms with E-state index >= 15 is 0 Å². The average molecular weight is 426 g/mol. The Labute approximate surface area is 175 Å².